The van der Waals surface area contributed by atoms with E-state index in [1.54, 1.807) is 29.2 Å². The summed E-state index contributed by atoms with van der Waals surface area (Å²) in [5.41, 5.74) is 6.33. The number of rotatable bonds is 13. The maximum absolute atomic E-state index is 13.2. The van der Waals surface area contributed by atoms with E-state index in [-0.39, 0.29) is 31.4 Å². The van der Waals surface area contributed by atoms with Gasteiger partial charge in [-0.2, -0.15) is 0 Å². The largest absolute Gasteiger partial charge is 0.480 e. The molecule has 1 aliphatic heterocycles. The number of likely N-dealkylation sites (tertiary alicyclic amines) is 1. The van der Waals surface area contributed by atoms with Crippen molar-refractivity contribution in [2.45, 2.75) is 51.7 Å². The topological polar surface area (TPSA) is 178 Å². The van der Waals surface area contributed by atoms with E-state index in [0.717, 1.165) is 29.7 Å². The number of alkyl carbamates (subject to hydrolysis) is 1. The van der Waals surface area contributed by atoms with E-state index < -0.39 is 36.5 Å². The van der Waals surface area contributed by atoms with Crippen molar-refractivity contribution in [2.75, 3.05) is 32.7 Å². The average Bonchev–Trinajstić information content (AvgIpc) is 2.88. The summed E-state index contributed by atoms with van der Waals surface area (Å²) >= 11 is 0. The normalized spacial score (nSPS) is 15.8. The standard InChI is InChI=1S/C25H38N6O6/c1-2-3-11-30(16-22(33)34)23(35)20(29-25(36)37-17-18-8-5-4-6-9-18)13-21(32)28-14-19-10-7-12-31(15-19)24(26)27/h4-6,8-9,19-20H,2-3,7,10-17H2,1H3,(H3,26,27)(H,28,32)(H,29,36)(H,33,34)/t19-,20-/m0/s1. The van der Waals surface area contributed by atoms with Gasteiger partial charge in [0, 0.05) is 26.2 Å². The summed E-state index contributed by atoms with van der Waals surface area (Å²) < 4.78 is 5.22. The number of unbranched alkanes of at least 4 members (excludes halogenated alkanes) is 1. The molecule has 37 heavy (non-hydrogen) atoms. The lowest BCUT2D eigenvalue weighted by molar-refractivity contribution is -0.145. The number of aliphatic carboxylic acids is 1. The van der Waals surface area contributed by atoms with Gasteiger partial charge in [0.2, 0.25) is 11.8 Å². The summed E-state index contributed by atoms with van der Waals surface area (Å²) in [4.78, 5) is 52.7. The van der Waals surface area contributed by atoms with Crippen molar-refractivity contribution in [3.63, 3.8) is 0 Å². The molecule has 0 radical (unpaired) electrons. The second-order valence-electron chi connectivity index (χ2n) is 9.11. The third-order valence-corrected chi connectivity index (χ3v) is 6.06. The number of carboxylic acid groups (broad SMARTS) is 1. The van der Waals surface area contributed by atoms with Crippen LogP contribution in [-0.2, 0) is 25.7 Å². The number of carbonyl (C=O) groups excluding carboxylic acids is 3. The first-order valence-electron chi connectivity index (χ1n) is 12.5. The third kappa shape index (κ3) is 10.8. The van der Waals surface area contributed by atoms with Gasteiger partial charge in [-0.1, -0.05) is 43.7 Å². The van der Waals surface area contributed by atoms with E-state index in [9.17, 15) is 24.3 Å². The lowest BCUT2D eigenvalue weighted by atomic mass is 9.98. The second-order valence-corrected chi connectivity index (χ2v) is 9.11. The molecule has 2 atom stereocenters. The van der Waals surface area contributed by atoms with Crippen LogP contribution < -0.4 is 16.4 Å². The van der Waals surface area contributed by atoms with Gasteiger partial charge in [0.25, 0.3) is 0 Å². The molecule has 1 fully saturated rings. The fourth-order valence-electron chi connectivity index (χ4n) is 4.07. The van der Waals surface area contributed by atoms with Crippen LogP contribution in [0.4, 0.5) is 4.79 Å². The zero-order chi connectivity index (χ0) is 27.2. The number of nitrogens with zero attached hydrogens (tertiary/aromatic N) is 2. The molecule has 1 aromatic rings. The number of carboxylic acids is 1. The molecule has 6 N–H and O–H groups in total. The van der Waals surface area contributed by atoms with Gasteiger partial charge in [-0.25, -0.2) is 4.79 Å². The Hall–Kier alpha value is -3.83. The average molecular weight is 519 g/mol. The summed E-state index contributed by atoms with van der Waals surface area (Å²) in [7, 11) is 0. The van der Waals surface area contributed by atoms with Crippen LogP contribution in [0.5, 0.6) is 0 Å². The number of nitrogens with one attached hydrogen (secondary N) is 3. The van der Waals surface area contributed by atoms with Gasteiger partial charge >= 0.3 is 12.1 Å². The molecule has 0 aliphatic carbocycles. The summed E-state index contributed by atoms with van der Waals surface area (Å²) in [6.07, 6.45) is 1.76. The Balaban J connectivity index is 2.03. The van der Waals surface area contributed by atoms with Gasteiger partial charge in [0.15, 0.2) is 5.96 Å². The third-order valence-electron chi connectivity index (χ3n) is 6.06. The molecular weight excluding hydrogens is 480 g/mol. The zero-order valence-corrected chi connectivity index (χ0v) is 21.3. The van der Waals surface area contributed by atoms with E-state index >= 15 is 0 Å². The number of piperidine rings is 1. The van der Waals surface area contributed by atoms with Crippen molar-refractivity contribution in [1.82, 2.24) is 20.4 Å². The fraction of sp³-hybridized carbons (Fsp3) is 0.560. The van der Waals surface area contributed by atoms with E-state index in [1.165, 1.54) is 0 Å². The Morgan fingerprint density at radius 2 is 2.00 bits per heavy atom. The summed E-state index contributed by atoms with van der Waals surface area (Å²) in [6.45, 7) is 3.10. The van der Waals surface area contributed by atoms with Crippen molar-refractivity contribution in [3.05, 3.63) is 35.9 Å². The highest BCUT2D eigenvalue weighted by Gasteiger charge is 2.30. The molecule has 0 spiro atoms. The molecule has 0 unspecified atom stereocenters. The van der Waals surface area contributed by atoms with Gasteiger partial charge in [-0.3, -0.25) is 19.8 Å². The van der Waals surface area contributed by atoms with Crippen LogP contribution in [0.3, 0.4) is 0 Å². The van der Waals surface area contributed by atoms with Crippen LogP contribution >= 0.6 is 0 Å². The number of ether oxygens (including phenoxy) is 1. The number of hydrogen-bond acceptors (Lipinski definition) is 6. The molecule has 1 aliphatic rings. The Bertz CT molecular complexity index is 928. The number of guanidine groups is 1. The quantitative estimate of drug-likeness (QED) is 0.190. The van der Waals surface area contributed by atoms with Gasteiger partial charge in [0.05, 0.1) is 6.42 Å². The molecular formula is C25H38N6O6. The van der Waals surface area contributed by atoms with Gasteiger partial charge in [-0.05, 0) is 30.7 Å². The molecule has 1 saturated heterocycles. The smallest absolute Gasteiger partial charge is 0.408 e. The highest BCUT2D eigenvalue weighted by molar-refractivity contribution is 5.92. The lowest BCUT2D eigenvalue weighted by Crippen LogP contribution is -2.52. The summed E-state index contributed by atoms with van der Waals surface area (Å²) in [5.74, 6) is -2.24. The fourth-order valence-corrected chi connectivity index (χ4v) is 4.07. The van der Waals surface area contributed by atoms with Crippen LogP contribution in [0.15, 0.2) is 30.3 Å². The minimum Gasteiger partial charge on any atom is -0.480 e. The maximum Gasteiger partial charge on any atom is 0.408 e. The van der Waals surface area contributed by atoms with Crippen molar-refractivity contribution in [2.24, 2.45) is 11.7 Å². The van der Waals surface area contributed by atoms with Crippen molar-refractivity contribution in [3.8, 4) is 0 Å². The Kier molecular flexibility index (Phi) is 12.2. The zero-order valence-electron chi connectivity index (χ0n) is 21.3. The van der Waals surface area contributed by atoms with Crippen LogP contribution in [0, 0.1) is 11.3 Å². The van der Waals surface area contributed by atoms with Crippen LogP contribution in [0.1, 0.15) is 44.6 Å². The number of hydrogen-bond donors (Lipinski definition) is 5. The summed E-state index contributed by atoms with van der Waals surface area (Å²) in [6, 6.07) is 7.69. The minimum atomic E-state index is -1.29. The van der Waals surface area contributed by atoms with E-state index in [1.807, 2.05) is 13.0 Å². The molecule has 0 bridgehead atoms. The minimum absolute atomic E-state index is 0.00879. The van der Waals surface area contributed by atoms with Gasteiger partial charge < -0.3 is 36.0 Å². The summed E-state index contributed by atoms with van der Waals surface area (Å²) in [5, 5.41) is 22.1. The highest BCUT2D eigenvalue weighted by Crippen LogP contribution is 2.15. The monoisotopic (exact) mass is 518 g/mol. The molecule has 204 valence electrons. The van der Waals surface area contributed by atoms with Crippen LogP contribution in [0.2, 0.25) is 0 Å². The number of nitrogens with two attached hydrogens (primary N) is 1. The molecule has 12 heteroatoms. The van der Waals surface area contributed by atoms with E-state index in [4.69, 9.17) is 15.9 Å². The second kappa shape index (κ2) is 15.3. The Morgan fingerprint density at radius 1 is 1.27 bits per heavy atom. The SMILES string of the molecule is CCCCN(CC(=O)O)C(=O)[C@H](CC(=O)NC[C@@H]1CCCN(C(=N)N)C1)NC(=O)OCc1ccccc1. The molecule has 0 saturated carbocycles. The first-order chi connectivity index (χ1) is 17.7. The van der Waals surface area contributed by atoms with E-state index in [2.05, 4.69) is 10.6 Å². The van der Waals surface area contributed by atoms with Crippen molar-refractivity contribution in [1.29, 1.82) is 5.41 Å². The van der Waals surface area contributed by atoms with Crippen LogP contribution in [-0.4, -0.2) is 83.5 Å². The van der Waals surface area contributed by atoms with Crippen LogP contribution in [0.25, 0.3) is 0 Å². The number of carbonyl (C=O) groups is 4. The molecule has 0 aromatic heterocycles. The van der Waals surface area contributed by atoms with Crippen molar-refractivity contribution < 1.29 is 29.0 Å². The maximum atomic E-state index is 13.2. The highest BCUT2D eigenvalue weighted by atomic mass is 16.5. The van der Waals surface area contributed by atoms with Crippen molar-refractivity contribution >= 4 is 29.8 Å². The Labute approximate surface area is 217 Å². The molecule has 12 nitrogen and oxygen atoms in total. The predicted molar refractivity (Wildman–Crippen MR) is 137 cm³/mol. The predicted octanol–water partition coefficient (Wildman–Crippen LogP) is 1.11. The first kappa shape index (κ1) is 29.4. The molecule has 2 rings (SSSR count). The van der Waals surface area contributed by atoms with Gasteiger partial charge in [0.1, 0.15) is 19.2 Å². The molecule has 1 aromatic carbocycles. The Morgan fingerprint density at radius 3 is 2.65 bits per heavy atom. The van der Waals surface area contributed by atoms with Gasteiger partial charge in [-0.15, -0.1) is 0 Å². The first-order valence-corrected chi connectivity index (χ1v) is 12.5. The molecule has 1 heterocycles. The lowest BCUT2D eigenvalue weighted by Gasteiger charge is -2.33. The number of amides is 3. The number of benzene rings is 1. The molecule has 3 amide bonds. The van der Waals surface area contributed by atoms with E-state index in [0.29, 0.717) is 26.1 Å².